The van der Waals surface area contributed by atoms with Gasteiger partial charge in [-0.25, -0.2) is 0 Å². The van der Waals surface area contributed by atoms with Crippen molar-refractivity contribution in [2.75, 3.05) is 13.7 Å². The first kappa shape index (κ1) is 16.3. The van der Waals surface area contributed by atoms with Crippen molar-refractivity contribution >= 4 is 5.91 Å². The molecular formula is C15H24N2O3. The summed E-state index contributed by atoms with van der Waals surface area (Å²) in [6, 6.07) is 5.91. The minimum Gasteiger partial charge on any atom is -0.493 e. The van der Waals surface area contributed by atoms with Crippen molar-refractivity contribution in [2.45, 2.75) is 39.3 Å². The van der Waals surface area contributed by atoms with Crippen LogP contribution < -0.4 is 20.5 Å². The summed E-state index contributed by atoms with van der Waals surface area (Å²) < 4.78 is 11.0. The van der Waals surface area contributed by atoms with Crippen molar-refractivity contribution in [1.29, 1.82) is 0 Å². The highest BCUT2D eigenvalue weighted by Gasteiger charge is 2.18. The summed E-state index contributed by atoms with van der Waals surface area (Å²) in [6.45, 7) is 6.88. The van der Waals surface area contributed by atoms with E-state index in [1.807, 2.05) is 25.1 Å². The van der Waals surface area contributed by atoms with Gasteiger partial charge in [-0.3, -0.25) is 4.79 Å². The molecule has 0 radical (unpaired) electrons. The van der Waals surface area contributed by atoms with E-state index in [2.05, 4.69) is 19.2 Å². The molecule has 0 aromatic heterocycles. The van der Waals surface area contributed by atoms with E-state index in [1.54, 1.807) is 7.11 Å². The number of amides is 1. The third kappa shape index (κ3) is 4.13. The molecule has 1 aromatic carbocycles. The van der Waals surface area contributed by atoms with Crippen LogP contribution >= 0.6 is 0 Å². The molecule has 0 fully saturated rings. The van der Waals surface area contributed by atoms with Gasteiger partial charge in [0.05, 0.1) is 7.11 Å². The maximum Gasteiger partial charge on any atom is 0.258 e. The molecule has 5 heteroatoms. The third-order valence-electron chi connectivity index (χ3n) is 3.16. The second-order valence-electron chi connectivity index (χ2n) is 4.61. The Morgan fingerprint density at radius 2 is 2.05 bits per heavy atom. The number of ether oxygens (including phenoxy) is 2. The average molecular weight is 280 g/mol. The van der Waals surface area contributed by atoms with E-state index in [9.17, 15) is 4.79 Å². The van der Waals surface area contributed by atoms with Crippen LogP contribution in [-0.4, -0.2) is 25.7 Å². The number of nitrogens with one attached hydrogen (secondary N) is 1. The second-order valence-corrected chi connectivity index (χ2v) is 4.61. The van der Waals surface area contributed by atoms with E-state index in [4.69, 9.17) is 15.2 Å². The van der Waals surface area contributed by atoms with Crippen molar-refractivity contribution < 1.29 is 14.3 Å². The quantitative estimate of drug-likeness (QED) is 0.764. The van der Waals surface area contributed by atoms with E-state index in [1.165, 1.54) is 0 Å². The molecule has 1 rings (SSSR count). The largest absolute Gasteiger partial charge is 0.493 e. The molecule has 0 heterocycles. The van der Waals surface area contributed by atoms with Crippen LogP contribution in [0.3, 0.4) is 0 Å². The number of nitrogens with two attached hydrogens (primary N) is 1. The SMILES string of the molecule is CCNC(C)c1ccc(OC(CC)C(N)=O)c(OC)c1. The van der Waals surface area contributed by atoms with Crippen LogP contribution in [0, 0.1) is 0 Å². The maximum atomic E-state index is 11.2. The standard InChI is InChI=1S/C15H24N2O3/c1-5-12(15(16)18)20-13-8-7-11(9-14(13)19-4)10(3)17-6-2/h7-10,12,17H,5-6H2,1-4H3,(H2,16,18). The summed E-state index contributed by atoms with van der Waals surface area (Å²) in [5.41, 5.74) is 6.39. The Morgan fingerprint density at radius 3 is 2.55 bits per heavy atom. The first-order valence-electron chi connectivity index (χ1n) is 6.90. The summed E-state index contributed by atoms with van der Waals surface area (Å²) in [5, 5.41) is 3.33. The number of hydrogen-bond acceptors (Lipinski definition) is 4. The molecule has 0 spiro atoms. The summed E-state index contributed by atoms with van der Waals surface area (Å²) in [7, 11) is 1.58. The molecule has 0 bridgehead atoms. The lowest BCUT2D eigenvalue weighted by atomic mass is 10.1. The molecule has 1 aromatic rings. The van der Waals surface area contributed by atoms with E-state index in [0.29, 0.717) is 17.9 Å². The molecular weight excluding hydrogens is 256 g/mol. The van der Waals surface area contributed by atoms with Crippen LogP contribution in [-0.2, 0) is 4.79 Å². The fourth-order valence-electron chi connectivity index (χ4n) is 1.97. The number of primary amides is 1. The molecule has 0 saturated carbocycles. The van der Waals surface area contributed by atoms with Gasteiger partial charge in [0.1, 0.15) is 0 Å². The molecule has 0 aliphatic heterocycles. The van der Waals surface area contributed by atoms with Gasteiger partial charge in [0.25, 0.3) is 5.91 Å². The zero-order chi connectivity index (χ0) is 15.1. The van der Waals surface area contributed by atoms with E-state index < -0.39 is 12.0 Å². The summed E-state index contributed by atoms with van der Waals surface area (Å²) >= 11 is 0. The molecule has 0 saturated heterocycles. The maximum absolute atomic E-state index is 11.2. The van der Waals surface area contributed by atoms with Crippen molar-refractivity contribution in [2.24, 2.45) is 5.73 Å². The number of rotatable bonds is 8. The number of hydrogen-bond donors (Lipinski definition) is 2. The lowest BCUT2D eigenvalue weighted by molar-refractivity contribution is -0.124. The fourth-order valence-corrected chi connectivity index (χ4v) is 1.97. The Kier molecular flexibility index (Phi) is 6.31. The zero-order valence-corrected chi connectivity index (χ0v) is 12.6. The van der Waals surface area contributed by atoms with Gasteiger partial charge in [0, 0.05) is 6.04 Å². The average Bonchev–Trinajstić information content (AvgIpc) is 2.44. The van der Waals surface area contributed by atoms with Gasteiger partial charge in [0.2, 0.25) is 0 Å². The topological polar surface area (TPSA) is 73.6 Å². The van der Waals surface area contributed by atoms with E-state index >= 15 is 0 Å². The first-order chi connectivity index (χ1) is 9.53. The zero-order valence-electron chi connectivity index (χ0n) is 12.6. The summed E-state index contributed by atoms with van der Waals surface area (Å²) in [6.07, 6.45) is -0.116. The molecule has 3 N–H and O–H groups in total. The molecule has 5 nitrogen and oxygen atoms in total. The Morgan fingerprint density at radius 1 is 1.35 bits per heavy atom. The molecule has 1 amide bonds. The van der Waals surface area contributed by atoms with Crippen LogP contribution in [0.1, 0.15) is 38.8 Å². The van der Waals surface area contributed by atoms with Crippen molar-refractivity contribution in [3.05, 3.63) is 23.8 Å². The van der Waals surface area contributed by atoms with Crippen molar-refractivity contribution in [3.8, 4) is 11.5 Å². The number of carbonyl (C=O) groups is 1. The minimum absolute atomic E-state index is 0.223. The first-order valence-corrected chi connectivity index (χ1v) is 6.90. The molecule has 0 aliphatic rings. The number of carbonyl (C=O) groups excluding carboxylic acids is 1. The Labute approximate surface area is 120 Å². The van der Waals surface area contributed by atoms with E-state index in [0.717, 1.165) is 12.1 Å². The van der Waals surface area contributed by atoms with Crippen LogP contribution in [0.25, 0.3) is 0 Å². The van der Waals surface area contributed by atoms with Crippen molar-refractivity contribution in [1.82, 2.24) is 5.32 Å². The Bertz CT molecular complexity index is 449. The smallest absolute Gasteiger partial charge is 0.258 e. The molecule has 112 valence electrons. The van der Waals surface area contributed by atoms with Gasteiger partial charge in [-0.15, -0.1) is 0 Å². The number of benzene rings is 1. The highest BCUT2D eigenvalue weighted by Crippen LogP contribution is 2.31. The highest BCUT2D eigenvalue weighted by molar-refractivity contribution is 5.79. The molecule has 0 aliphatic carbocycles. The highest BCUT2D eigenvalue weighted by atomic mass is 16.5. The van der Waals surface area contributed by atoms with Crippen molar-refractivity contribution in [3.63, 3.8) is 0 Å². The summed E-state index contributed by atoms with van der Waals surface area (Å²) in [5.74, 6) is 0.664. The normalized spacial score (nSPS) is 13.6. The van der Waals surface area contributed by atoms with Gasteiger partial charge in [-0.2, -0.15) is 0 Å². The molecule has 2 atom stereocenters. The van der Waals surface area contributed by atoms with Crippen LogP contribution in [0.4, 0.5) is 0 Å². The van der Waals surface area contributed by atoms with Crippen LogP contribution in [0.2, 0.25) is 0 Å². The molecule has 2 unspecified atom stereocenters. The number of methoxy groups -OCH3 is 1. The predicted octanol–water partition coefficient (Wildman–Crippen LogP) is 2.01. The third-order valence-corrected chi connectivity index (χ3v) is 3.16. The molecule has 20 heavy (non-hydrogen) atoms. The minimum atomic E-state index is -0.638. The lowest BCUT2D eigenvalue weighted by Gasteiger charge is -2.19. The van der Waals surface area contributed by atoms with Gasteiger partial charge >= 0.3 is 0 Å². The van der Waals surface area contributed by atoms with Gasteiger partial charge in [0.15, 0.2) is 17.6 Å². The van der Waals surface area contributed by atoms with E-state index in [-0.39, 0.29) is 6.04 Å². The van der Waals surface area contributed by atoms with Crippen LogP contribution in [0.5, 0.6) is 11.5 Å². The van der Waals surface area contributed by atoms with Gasteiger partial charge in [-0.05, 0) is 37.6 Å². The second kappa shape index (κ2) is 7.75. The van der Waals surface area contributed by atoms with Gasteiger partial charge in [-0.1, -0.05) is 19.9 Å². The lowest BCUT2D eigenvalue weighted by Crippen LogP contribution is -2.33. The van der Waals surface area contributed by atoms with Crippen LogP contribution in [0.15, 0.2) is 18.2 Å². The monoisotopic (exact) mass is 280 g/mol. The predicted molar refractivity (Wildman–Crippen MR) is 79.0 cm³/mol. The van der Waals surface area contributed by atoms with Gasteiger partial charge < -0.3 is 20.5 Å². The summed E-state index contributed by atoms with van der Waals surface area (Å²) in [4.78, 5) is 11.2. The Balaban J connectivity index is 2.95. The fraction of sp³-hybridized carbons (Fsp3) is 0.533. The Hall–Kier alpha value is -1.75.